The van der Waals surface area contributed by atoms with E-state index in [1.165, 1.54) is 5.52 Å². The van der Waals surface area contributed by atoms with Crippen LogP contribution < -0.4 is 0 Å². The van der Waals surface area contributed by atoms with Crippen LogP contribution in [0.1, 0.15) is 37.0 Å². The first-order valence-corrected chi connectivity index (χ1v) is 10.2. The fourth-order valence-electron chi connectivity index (χ4n) is 4.48. The summed E-state index contributed by atoms with van der Waals surface area (Å²) in [5, 5.41) is 10.00. The summed E-state index contributed by atoms with van der Waals surface area (Å²) in [5.41, 5.74) is 3.04. The molecule has 4 aromatic heterocycles. The summed E-state index contributed by atoms with van der Waals surface area (Å²) >= 11 is 0. The van der Waals surface area contributed by atoms with Crippen LogP contribution in [-0.2, 0) is 12.8 Å². The van der Waals surface area contributed by atoms with Gasteiger partial charge < -0.3 is 19.4 Å². The molecule has 1 saturated heterocycles. The van der Waals surface area contributed by atoms with E-state index in [1.54, 1.807) is 6.20 Å². The molecule has 4 aromatic rings. The number of aromatic nitrogens is 6. The number of hydrogen-bond donors (Lipinski definition) is 2. The molecule has 0 saturated carbocycles. The van der Waals surface area contributed by atoms with E-state index < -0.39 is 0 Å². The Labute approximate surface area is 168 Å². The first-order chi connectivity index (χ1) is 14.3. The van der Waals surface area contributed by atoms with Crippen molar-refractivity contribution in [3.63, 3.8) is 0 Å². The van der Waals surface area contributed by atoms with Crippen molar-refractivity contribution in [2.45, 2.75) is 38.1 Å². The molecule has 0 unspecified atom stereocenters. The number of pyridine rings is 1. The minimum absolute atomic E-state index is 0.408. The van der Waals surface area contributed by atoms with Crippen molar-refractivity contribution in [2.24, 2.45) is 0 Å². The molecule has 148 valence electrons. The Morgan fingerprint density at radius 1 is 1.14 bits per heavy atom. The van der Waals surface area contributed by atoms with E-state index in [4.69, 9.17) is 10.2 Å². The Morgan fingerprint density at radius 3 is 2.83 bits per heavy atom. The normalized spacial score (nSPS) is 16.0. The second-order valence-corrected chi connectivity index (χ2v) is 7.65. The predicted molar refractivity (Wildman–Crippen MR) is 110 cm³/mol. The second kappa shape index (κ2) is 7.68. The minimum atomic E-state index is 0.408. The highest BCUT2D eigenvalue weighted by atomic mass is 15.2. The Kier molecular flexibility index (Phi) is 4.74. The van der Waals surface area contributed by atoms with Crippen LogP contribution in [0.15, 0.2) is 30.9 Å². The van der Waals surface area contributed by atoms with Crippen LogP contribution in [0.2, 0.25) is 0 Å². The summed E-state index contributed by atoms with van der Waals surface area (Å²) in [6.45, 7) is 2.90. The summed E-state index contributed by atoms with van der Waals surface area (Å²) in [6.07, 6.45) is 11.9. The highest BCUT2D eigenvalue weighted by Crippen LogP contribution is 2.32. The quantitative estimate of drug-likeness (QED) is 0.529. The van der Waals surface area contributed by atoms with Crippen LogP contribution in [0.5, 0.6) is 0 Å². The third-order valence-corrected chi connectivity index (χ3v) is 5.91. The number of nitrogens with one attached hydrogen (secondary N) is 2. The summed E-state index contributed by atoms with van der Waals surface area (Å²) in [5.74, 6) is 2.09. The van der Waals surface area contributed by atoms with Gasteiger partial charge in [-0.05, 0) is 18.9 Å². The topological polar surface area (TPSA) is 102 Å². The van der Waals surface area contributed by atoms with Crippen LogP contribution in [0, 0.1) is 11.3 Å². The van der Waals surface area contributed by atoms with Gasteiger partial charge in [0, 0.05) is 68.9 Å². The summed E-state index contributed by atoms with van der Waals surface area (Å²) in [7, 11) is 0. The number of nitriles is 1. The molecule has 5 rings (SSSR count). The Balaban J connectivity index is 1.50. The van der Waals surface area contributed by atoms with Gasteiger partial charge in [0.15, 0.2) is 0 Å². The van der Waals surface area contributed by atoms with Crippen LogP contribution in [0.3, 0.4) is 0 Å². The number of imidazole rings is 2. The van der Waals surface area contributed by atoms with Crippen LogP contribution in [0.25, 0.3) is 22.1 Å². The summed E-state index contributed by atoms with van der Waals surface area (Å²) in [6, 6.07) is 4.76. The number of H-pyrrole nitrogens is 2. The predicted octanol–water partition coefficient (Wildman–Crippen LogP) is 2.97. The van der Waals surface area contributed by atoms with Gasteiger partial charge in [-0.25, -0.2) is 15.0 Å². The lowest BCUT2D eigenvalue weighted by Gasteiger charge is -2.33. The zero-order valence-corrected chi connectivity index (χ0v) is 16.3. The molecule has 8 heteroatoms. The lowest BCUT2D eigenvalue weighted by atomic mass is 10.0. The molecule has 1 fully saturated rings. The number of rotatable bonds is 6. The maximum Gasteiger partial charge on any atom is 0.139 e. The molecule has 2 N–H and O–H groups in total. The van der Waals surface area contributed by atoms with Crippen molar-refractivity contribution in [3.8, 4) is 6.07 Å². The van der Waals surface area contributed by atoms with Crippen molar-refractivity contribution in [1.82, 2.24) is 34.4 Å². The van der Waals surface area contributed by atoms with Gasteiger partial charge in [0.1, 0.15) is 22.8 Å². The van der Waals surface area contributed by atoms with Crippen molar-refractivity contribution >= 4 is 22.1 Å². The van der Waals surface area contributed by atoms with Crippen molar-refractivity contribution in [2.75, 3.05) is 19.6 Å². The fraction of sp³-hybridized carbons (Fsp3) is 0.429. The number of aromatic amines is 2. The highest BCUT2D eigenvalue weighted by molar-refractivity contribution is 6.01. The first-order valence-electron chi connectivity index (χ1n) is 10.2. The van der Waals surface area contributed by atoms with Crippen LogP contribution in [-0.4, -0.2) is 54.0 Å². The molecule has 8 nitrogen and oxygen atoms in total. The number of piperidine rings is 1. The van der Waals surface area contributed by atoms with Gasteiger partial charge in [0.2, 0.25) is 0 Å². The number of fused-ring (bicyclic) bond motifs is 3. The zero-order valence-electron chi connectivity index (χ0n) is 16.3. The maximum absolute atomic E-state index is 8.87. The molecule has 0 spiro atoms. The molecule has 5 heterocycles. The lowest BCUT2D eigenvalue weighted by molar-refractivity contribution is 0.190. The molecule has 29 heavy (non-hydrogen) atoms. The van der Waals surface area contributed by atoms with Gasteiger partial charge in [-0.2, -0.15) is 5.26 Å². The van der Waals surface area contributed by atoms with Crippen molar-refractivity contribution in [1.29, 1.82) is 5.26 Å². The molecule has 1 aliphatic heterocycles. The average Bonchev–Trinajstić information content (AvgIpc) is 3.49. The van der Waals surface area contributed by atoms with Gasteiger partial charge in [-0.1, -0.05) is 0 Å². The molecule has 0 aliphatic carbocycles. The Bertz CT molecular complexity index is 1140. The second-order valence-electron chi connectivity index (χ2n) is 7.65. The molecular weight excluding hydrogens is 364 g/mol. The summed E-state index contributed by atoms with van der Waals surface area (Å²) in [4.78, 5) is 22.7. The molecule has 0 bridgehead atoms. The standard InChI is InChI=1S/C21H24N8/c22-7-1-11-28-12-5-15(6-13-28)29-19(3-2-18-23-9-10-24-18)27-17-14-26-21-16(20(17)29)4-8-25-21/h4,8-10,14-15H,1-3,5-6,11-13H2,(H,23,24)(H,25,26). The van der Waals surface area contributed by atoms with E-state index in [2.05, 4.69) is 41.5 Å². The van der Waals surface area contributed by atoms with Gasteiger partial charge in [0.05, 0.1) is 17.8 Å². The number of aryl methyl sites for hydroxylation is 2. The van der Waals surface area contributed by atoms with E-state index >= 15 is 0 Å². The van der Waals surface area contributed by atoms with E-state index in [0.717, 1.165) is 73.5 Å². The van der Waals surface area contributed by atoms with Crippen molar-refractivity contribution in [3.05, 3.63) is 42.5 Å². The molecule has 1 aliphatic rings. The molecule has 0 radical (unpaired) electrons. The van der Waals surface area contributed by atoms with Gasteiger partial charge >= 0.3 is 0 Å². The molecular formula is C21H24N8. The third kappa shape index (κ3) is 3.38. The van der Waals surface area contributed by atoms with E-state index in [9.17, 15) is 0 Å². The zero-order chi connectivity index (χ0) is 19.6. The average molecular weight is 388 g/mol. The van der Waals surface area contributed by atoms with Crippen LogP contribution in [0.4, 0.5) is 0 Å². The minimum Gasteiger partial charge on any atom is -0.349 e. The molecule has 0 atom stereocenters. The van der Waals surface area contributed by atoms with Gasteiger partial charge in [-0.15, -0.1) is 0 Å². The van der Waals surface area contributed by atoms with Crippen molar-refractivity contribution < 1.29 is 0 Å². The number of likely N-dealkylation sites (tertiary alicyclic amines) is 1. The highest BCUT2D eigenvalue weighted by Gasteiger charge is 2.25. The number of hydrogen-bond acceptors (Lipinski definition) is 5. The largest absolute Gasteiger partial charge is 0.349 e. The molecule has 0 amide bonds. The number of nitrogens with zero attached hydrogens (tertiary/aromatic N) is 6. The van der Waals surface area contributed by atoms with Gasteiger partial charge in [0.25, 0.3) is 0 Å². The third-order valence-electron chi connectivity index (χ3n) is 5.91. The maximum atomic E-state index is 8.87. The lowest BCUT2D eigenvalue weighted by Crippen LogP contribution is -2.35. The Hall–Kier alpha value is -3.18. The smallest absolute Gasteiger partial charge is 0.139 e. The van der Waals surface area contributed by atoms with E-state index in [0.29, 0.717) is 12.5 Å². The summed E-state index contributed by atoms with van der Waals surface area (Å²) < 4.78 is 2.46. The van der Waals surface area contributed by atoms with E-state index in [1.807, 2.05) is 18.6 Å². The molecule has 0 aromatic carbocycles. The van der Waals surface area contributed by atoms with E-state index in [-0.39, 0.29) is 0 Å². The fourth-order valence-corrected chi connectivity index (χ4v) is 4.48. The van der Waals surface area contributed by atoms with Crippen LogP contribution >= 0.6 is 0 Å². The monoisotopic (exact) mass is 388 g/mol. The SMILES string of the molecule is N#CCCN1CCC(n2c(CCc3ncc[nH]3)nc3cnc4[nH]ccc4c32)CC1. The van der Waals surface area contributed by atoms with Gasteiger partial charge in [-0.3, -0.25) is 0 Å². The Morgan fingerprint density at radius 2 is 2.03 bits per heavy atom. The first kappa shape index (κ1) is 17.9.